The molecule has 9 heteroatoms. The van der Waals surface area contributed by atoms with Gasteiger partial charge in [0.15, 0.2) is 0 Å². The fourth-order valence-corrected chi connectivity index (χ4v) is 3.62. The fourth-order valence-electron chi connectivity index (χ4n) is 2.00. The van der Waals surface area contributed by atoms with Crippen LogP contribution in [0.5, 0.6) is 0 Å². The van der Waals surface area contributed by atoms with Gasteiger partial charge < -0.3 is 10.1 Å². The number of carboxylic acid groups (broad SMARTS) is 1. The van der Waals surface area contributed by atoms with Gasteiger partial charge in [-0.25, -0.2) is 18.2 Å². The first-order valence-electron chi connectivity index (χ1n) is 5.80. The highest BCUT2D eigenvalue weighted by Crippen LogP contribution is 2.25. The highest BCUT2D eigenvalue weighted by atomic mass is 35.5. The van der Waals surface area contributed by atoms with Crippen molar-refractivity contribution in [1.82, 2.24) is 9.97 Å². The van der Waals surface area contributed by atoms with Crippen LogP contribution in [0, 0.1) is 13.8 Å². The van der Waals surface area contributed by atoms with Crippen molar-refractivity contribution in [2.75, 3.05) is 4.72 Å². The molecule has 2 rings (SSSR count). The van der Waals surface area contributed by atoms with Crippen molar-refractivity contribution in [3.05, 3.63) is 40.3 Å². The number of hydrogen-bond acceptors (Lipinski definition) is 4. The summed E-state index contributed by atoms with van der Waals surface area (Å²) >= 11 is 5.70. The van der Waals surface area contributed by atoms with Crippen LogP contribution < -0.4 is 4.72 Å². The van der Waals surface area contributed by atoms with Crippen LogP contribution in [0.15, 0.2) is 23.1 Å². The van der Waals surface area contributed by atoms with Gasteiger partial charge in [-0.15, -0.1) is 0 Å². The highest BCUT2D eigenvalue weighted by molar-refractivity contribution is 7.92. The van der Waals surface area contributed by atoms with Crippen LogP contribution in [0.3, 0.4) is 0 Å². The maximum atomic E-state index is 12.4. The number of pyridine rings is 1. The van der Waals surface area contributed by atoms with Gasteiger partial charge in [0.25, 0.3) is 10.0 Å². The van der Waals surface area contributed by atoms with E-state index in [1.54, 1.807) is 6.07 Å². The molecule has 0 fully saturated rings. The van der Waals surface area contributed by atoms with Crippen LogP contribution >= 0.6 is 11.6 Å². The van der Waals surface area contributed by atoms with Crippen molar-refractivity contribution in [2.45, 2.75) is 18.7 Å². The minimum absolute atomic E-state index is 0.0550. The Kier molecular flexibility index (Phi) is 3.93. The topological polar surface area (TPSA) is 112 Å². The lowest BCUT2D eigenvalue weighted by Crippen LogP contribution is -2.15. The summed E-state index contributed by atoms with van der Waals surface area (Å²) in [7, 11) is -3.97. The quantitative estimate of drug-likeness (QED) is 0.744. The van der Waals surface area contributed by atoms with Crippen LogP contribution in [0.4, 0.5) is 5.82 Å². The fraction of sp³-hybridized carbons (Fsp3) is 0.167. The number of aromatic nitrogens is 2. The summed E-state index contributed by atoms with van der Waals surface area (Å²) in [5.74, 6) is -1.17. The largest absolute Gasteiger partial charge is 0.477 e. The van der Waals surface area contributed by atoms with Crippen molar-refractivity contribution in [2.24, 2.45) is 0 Å². The SMILES string of the molecule is Cc1[nH]c(C(=O)O)c(C)c1S(=O)(=O)Nc1cccc(Cl)n1. The Morgan fingerprint density at radius 2 is 2.05 bits per heavy atom. The van der Waals surface area contributed by atoms with E-state index in [9.17, 15) is 13.2 Å². The molecule has 0 aliphatic carbocycles. The van der Waals surface area contributed by atoms with E-state index in [1.807, 2.05) is 0 Å². The summed E-state index contributed by atoms with van der Waals surface area (Å²) in [5.41, 5.74) is 0.209. The molecule has 0 unspecified atom stereocenters. The van der Waals surface area contributed by atoms with Gasteiger partial charge in [0.2, 0.25) is 0 Å². The molecule has 0 aliphatic heterocycles. The maximum Gasteiger partial charge on any atom is 0.352 e. The van der Waals surface area contributed by atoms with E-state index in [-0.39, 0.29) is 32.8 Å². The monoisotopic (exact) mass is 329 g/mol. The number of hydrogen-bond donors (Lipinski definition) is 3. The summed E-state index contributed by atoms with van der Waals surface area (Å²) in [6.45, 7) is 2.91. The number of nitrogens with one attached hydrogen (secondary N) is 2. The Balaban J connectivity index is 2.48. The van der Waals surface area contributed by atoms with E-state index in [2.05, 4.69) is 14.7 Å². The minimum atomic E-state index is -3.97. The lowest BCUT2D eigenvalue weighted by molar-refractivity contribution is 0.0690. The molecule has 0 aromatic carbocycles. The number of anilines is 1. The third kappa shape index (κ3) is 3.01. The smallest absolute Gasteiger partial charge is 0.352 e. The second-order valence-electron chi connectivity index (χ2n) is 4.34. The van der Waals surface area contributed by atoms with Crippen molar-refractivity contribution < 1.29 is 18.3 Å². The molecule has 2 heterocycles. The summed E-state index contributed by atoms with van der Waals surface area (Å²) in [6, 6.07) is 4.50. The predicted octanol–water partition coefficient (Wildman–Crippen LogP) is 2.18. The first-order valence-corrected chi connectivity index (χ1v) is 7.66. The van der Waals surface area contributed by atoms with Gasteiger partial charge in [0.05, 0.1) is 0 Å². The zero-order valence-electron chi connectivity index (χ0n) is 11.1. The molecule has 3 N–H and O–H groups in total. The molecule has 0 atom stereocenters. The molecule has 0 radical (unpaired) electrons. The molecule has 0 bridgehead atoms. The number of carboxylic acids is 1. The summed E-state index contributed by atoms with van der Waals surface area (Å²) < 4.78 is 27.0. The Hall–Kier alpha value is -2.06. The average Bonchev–Trinajstić information content (AvgIpc) is 2.64. The van der Waals surface area contributed by atoms with Crippen LogP contribution in [-0.2, 0) is 10.0 Å². The second kappa shape index (κ2) is 5.38. The van der Waals surface area contributed by atoms with Crippen LogP contribution in [0.1, 0.15) is 21.7 Å². The number of sulfonamides is 1. The molecule has 112 valence electrons. The molecule has 7 nitrogen and oxygen atoms in total. The van der Waals surface area contributed by atoms with Crippen LogP contribution in [0.2, 0.25) is 5.15 Å². The van der Waals surface area contributed by atoms with E-state index in [4.69, 9.17) is 16.7 Å². The van der Waals surface area contributed by atoms with Gasteiger partial charge in [0, 0.05) is 11.3 Å². The van der Waals surface area contributed by atoms with E-state index in [0.717, 1.165) is 0 Å². The molecule has 0 aliphatic rings. The Labute approximate surface area is 126 Å². The van der Waals surface area contributed by atoms with Crippen molar-refractivity contribution in [3.63, 3.8) is 0 Å². The highest BCUT2D eigenvalue weighted by Gasteiger charge is 2.26. The molecule has 0 amide bonds. The molecule has 0 spiro atoms. The maximum absolute atomic E-state index is 12.4. The van der Waals surface area contributed by atoms with Crippen LogP contribution in [0.25, 0.3) is 0 Å². The van der Waals surface area contributed by atoms with Crippen molar-refractivity contribution in [3.8, 4) is 0 Å². The average molecular weight is 330 g/mol. The number of aromatic amines is 1. The molecular weight excluding hydrogens is 318 g/mol. The van der Waals surface area contributed by atoms with Gasteiger partial charge in [-0.3, -0.25) is 4.72 Å². The standard InChI is InChI=1S/C12H12ClN3O4S/c1-6-10(12(17)18)14-7(2)11(6)21(19,20)16-9-5-3-4-8(13)15-9/h3-5,14H,1-2H3,(H,15,16)(H,17,18). The minimum Gasteiger partial charge on any atom is -0.477 e. The summed E-state index contributed by atoms with van der Waals surface area (Å²) in [6.07, 6.45) is 0. The van der Waals surface area contributed by atoms with E-state index in [0.29, 0.717) is 0 Å². The third-order valence-electron chi connectivity index (χ3n) is 2.81. The number of H-pyrrole nitrogens is 1. The molecule has 21 heavy (non-hydrogen) atoms. The van der Waals surface area contributed by atoms with Gasteiger partial charge >= 0.3 is 5.97 Å². The van der Waals surface area contributed by atoms with Crippen LogP contribution in [-0.4, -0.2) is 29.5 Å². The number of aryl methyl sites for hydroxylation is 1. The van der Waals surface area contributed by atoms with Gasteiger partial charge in [-0.05, 0) is 26.0 Å². The van der Waals surface area contributed by atoms with Crippen molar-refractivity contribution >= 4 is 33.4 Å². The number of carbonyl (C=O) groups is 1. The summed E-state index contributed by atoms with van der Waals surface area (Å²) in [5, 5.41) is 9.16. The molecular formula is C12H12ClN3O4S. The molecule has 0 saturated heterocycles. The van der Waals surface area contributed by atoms with Gasteiger partial charge in [-0.1, -0.05) is 17.7 Å². The number of nitrogens with zero attached hydrogens (tertiary/aromatic N) is 1. The normalized spacial score (nSPS) is 11.4. The Bertz CT molecular complexity index is 814. The third-order valence-corrected chi connectivity index (χ3v) is 4.64. The predicted molar refractivity (Wildman–Crippen MR) is 77.3 cm³/mol. The lowest BCUT2D eigenvalue weighted by Gasteiger charge is -2.08. The van der Waals surface area contributed by atoms with E-state index < -0.39 is 16.0 Å². The molecule has 0 saturated carbocycles. The first kappa shape index (κ1) is 15.3. The van der Waals surface area contributed by atoms with Gasteiger partial charge in [-0.2, -0.15) is 0 Å². The Morgan fingerprint density at radius 3 is 2.57 bits per heavy atom. The zero-order chi connectivity index (χ0) is 15.8. The second-order valence-corrected chi connectivity index (χ2v) is 6.34. The van der Waals surface area contributed by atoms with Gasteiger partial charge in [0.1, 0.15) is 21.6 Å². The number of rotatable bonds is 4. The van der Waals surface area contributed by atoms with E-state index >= 15 is 0 Å². The van der Waals surface area contributed by atoms with Crippen molar-refractivity contribution in [1.29, 1.82) is 0 Å². The first-order chi connectivity index (χ1) is 9.72. The molecule has 2 aromatic rings. The number of halogens is 1. The number of aromatic carboxylic acids is 1. The molecule has 2 aromatic heterocycles. The Morgan fingerprint density at radius 1 is 1.38 bits per heavy atom. The van der Waals surface area contributed by atoms with E-state index in [1.165, 1.54) is 26.0 Å². The zero-order valence-corrected chi connectivity index (χ0v) is 12.7. The lowest BCUT2D eigenvalue weighted by atomic mass is 10.2. The summed E-state index contributed by atoms with van der Waals surface area (Å²) in [4.78, 5) is 17.3.